The summed E-state index contributed by atoms with van der Waals surface area (Å²) in [6.07, 6.45) is 2.34. The molecule has 0 radical (unpaired) electrons. The third-order valence-corrected chi connectivity index (χ3v) is 3.71. The Morgan fingerprint density at radius 2 is 1.50 bits per heavy atom. The molecule has 3 rings (SSSR count). The number of benzene rings is 2. The highest BCUT2D eigenvalue weighted by Crippen LogP contribution is 2.42. The lowest BCUT2D eigenvalue weighted by molar-refractivity contribution is 1.50. The monoisotopic (exact) mass is 274 g/mol. The Morgan fingerprint density at radius 3 is 2.11 bits per heavy atom. The maximum absolute atomic E-state index is 6.31. The van der Waals surface area contributed by atoms with E-state index in [2.05, 4.69) is 18.2 Å². The van der Waals surface area contributed by atoms with Gasteiger partial charge >= 0.3 is 0 Å². The lowest BCUT2D eigenvalue weighted by Crippen LogP contribution is -1.89. The molecule has 1 saturated carbocycles. The Bertz CT molecular complexity index is 603. The minimum absolute atomic E-state index is 0.762. The highest BCUT2D eigenvalue weighted by molar-refractivity contribution is 6.32. The van der Waals surface area contributed by atoms with E-state index in [0.717, 1.165) is 15.6 Å². The molecule has 0 N–H and O–H groups in total. The molecular formula is C16H12Cl2. The van der Waals surface area contributed by atoms with Gasteiger partial charge < -0.3 is 0 Å². The van der Waals surface area contributed by atoms with Gasteiger partial charge in [0.25, 0.3) is 0 Å². The molecule has 0 aliphatic heterocycles. The molecule has 2 aromatic rings. The van der Waals surface area contributed by atoms with Crippen molar-refractivity contribution in [3.63, 3.8) is 0 Å². The van der Waals surface area contributed by atoms with E-state index < -0.39 is 0 Å². The van der Waals surface area contributed by atoms with Crippen LogP contribution in [0, 0.1) is 0 Å². The van der Waals surface area contributed by atoms with E-state index in [0.29, 0.717) is 0 Å². The molecule has 0 aromatic heterocycles. The average Bonchev–Trinajstić information content (AvgIpc) is 3.19. The van der Waals surface area contributed by atoms with Crippen molar-refractivity contribution in [3.8, 4) is 0 Å². The molecule has 1 aliphatic carbocycles. The van der Waals surface area contributed by atoms with Crippen LogP contribution < -0.4 is 0 Å². The summed E-state index contributed by atoms with van der Waals surface area (Å²) < 4.78 is 0. The van der Waals surface area contributed by atoms with Crippen molar-refractivity contribution in [3.05, 3.63) is 75.3 Å². The zero-order chi connectivity index (χ0) is 12.5. The predicted molar refractivity (Wildman–Crippen MR) is 78.2 cm³/mol. The van der Waals surface area contributed by atoms with Crippen LogP contribution in [-0.2, 0) is 0 Å². The van der Waals surface area contributed by atoms with E-state index in [1.54, 1.807) is 0 Å². The molecular weight excluding hydrogens is 263 g/mol. The first-order chi connectivity index (χ1) is 8.75. The molecule has 0 amide bonds. The molecule has 0 heterocycles. The standard InChI is InChI=1S/C16H12Cl2/c17-13-9-7-12(8-10-13)16(11-5-6-11)14-3-1-2-4-15(14)18/h1-4,7-10H,5-6H2. The van der Waals surface area contributed by atoms with Crippen LogP contribution in [0.3, 0.4) is 0 Å². The summed E-state index contributed by atoms with van der Waals surface area (Å²) in [6, 6.07) is 16.0. The van der Waals surface area contributed by atoms with Gasteiger partial charge in [-0.3, -0.25) is 0 Å². The average molecular weight is 275 g/mol. The van der Waals surface area contributed by atoms with E-state index >= 15 is 0 Å². The van der Waals surface area contributed by atoms with Gasteiger partial charge in [0.05, 0.1) is 0 Å². The van der Waals surface area contributed by atoms with Crippen molar-refractivity contribution in [2.45, 2.75) is 12.8 Å². The van der Waals surface area contributed by atoms with Gasteiger partial charge in [-0.2, -0.15) is 0 Å². The van der Waals surface area contributed by atoms with Gasteiger partial charge in [0.1, 0.15) is 0 Å². The Balaban J connectivity index is 2.14. The van der Waals surface area contributed by atoms with E-state index in [4.69, 9.17) is 23.2 Å². The number of hydrogen-bond acceptors (Lipinski definition) is 0. The second-order valence-electron chi connectivity index (χ2n) is 4.47. The fourth-order valence-electron chi connectivity index (χ4n) is 2.14. The minimum atomic E-state index is 0.762. The van der Waals surface area contributed by atoms with Crippen LogP contribution in [0.5, 0.6) is 0 Å². The molecule has 0 nitrogen and oxygen atoms in total. The molecule has 18 heavy (non-hydrogen) atoms. The third-order valence-electron chi connectivity index (χ3n) is 3.13. The Labute approximate surface area is 117 Å². The van der Waals surface area contributed by atoms with Gasteiger partial charge in [0.15, 0.2) is 0 Å². The molecule has 2 heteroatoms. The van der Waals surface area contributed by atoms with E-state index in [1.807, 2.05) is 30.3 Å². The first kappa shape index (κ1) is 11.8. The number of hydrogen-bond donors (Lipinski definition) is 0. The topological polar surface area (TPSA) is 0 Å². The summed E-state index contributed by atoms with van der Waals surface area (Å²) in [6.45, 7) is 0. The van der Waals surface area contributed by atoms with Crippen LogP contribution in [0.4, 0.5) is 0 Å². The van der Waals surface area contributed by atoms with Crippen molar-refractivity contribution in [1.82, 2.24) is 0 Å². The Hall–Kier alpha value is -1.24. The van der Waals surface area contributed by atoms with Crippen molar-refractivity contribution >= 4 is 28.8 Å². The number of allylic oxidation sites excluding steroid dienone is 1. The number of rotatable bonds is 2. The van der Waals surface area contributed by atoms with Crippen LogP contribution in [0.2, 0.25) is 10.0 Å². The minimum Gasteiger partial charge on any atom is -0.0843 e. The highest BCUT2D eigenvalue weighted by Gasteiger charge is 2.21. The first-order valence-corrected chi connectivity index (χ1v) is 6.74. The van der Waals surface area contributed by atoms with Gasteiger partial charge in [0, 0.05) is 15.6 Å². The van der Waals surface area contributed by atoms with Gasteiger partial charge in [-0.05, 0) is 42.2 Å². The quantitative estimate of drug-likeness (QED) is 0.670. The third kappa shape index (κ3) is 2.31. The van der Waals surface area contributed by atoms with Crippen LogP contribution >= 0.6 is 23.2 Å². The predicted octanol–water partition coefficient (Wildman–Crippen LogP) is 5.59. The van der Waals surface area contributed by atoms with Gasteiger partial charge in [0.2, 0.25) is 0 Å². The zero-order valence-corrected chi connectivity index (χ0v) is 11.3. The molecule has 1 fully saturated rings. The van der Waals surface area contributed by atoms with Crippen LogP contribution in [0.1, 0.15) is 24.0 Å². The van der Waals surface area contributed by atoms with Crippen molar-refractivity contribution in [2.75, 3.05) is 0 Å². The lowest BCUT2D eigenvalue weighted by atomic mass is 9.97. The first-order valence-electron chi connectivity index (χ1n) is 5.98. The van der Waals surface area contributed by atoms with Gasteiger partial charge in [-0.1, -0.05) is 59.1 Å². The van der Waals surface area contributed by atoms with Crippen LogP contribution in [-0.4, -0.2) is 0 Å². The normalized spacial score (nSPS) is 13.6. The summed E-state index contributed by atoms with van der Waals surface area (Å²) in [5.41, 5.74) is 5.07. The molecule has 0 spiro atoms. The molecule has 1 aliphatic rings. The Morgan fingerprint density at radius 1 is 0.833 bits per heavy atom. The fraction of sp³-hybridized carbons (Fsp3) is 0.125. The highest BCUT2D eigenvalue weighted by atomic mass is 35.5. The maximum atomic E-state index is 6.31. The molecule has 0 saturated heterocycles. The SMILES string of the molecule is Clc1ccc(C(=C2CC2)c2ccccc2Cl)cc1. The van der Waals surface area contributed by atoms with Crippen molar-refractivity contribution < 1.29 is 0 Å². The second-order valence-corrected chi connectivity index (χ2v) is 5.31. The summed E-state index contributed by atoms with van der Waals surface area (Å²) >= 11 is 12.3. The van der Waals surface area contributed by atoms with Gasteiger partial charge in [-0.15, -0.1) is 0 Å². The van der Waals surface area contributed by atoms with Crippen molar-refractivity contribution in [1.29, 1.82) is 0 Å². The van der Waals surface area contributed by atoms with Crippen molar-refractivity contribution in [2.24, 2.45) is 0 Å². The fourth-order valence-corrected chi connectivity index (χ4v) is 2.50. The largest absolute Gasteiger partial charge is 0.0843 e. The van der Waals surface area contributed by atoms with E-state index in [1.165, 1.54) is 29.6 Å². The van der Waals surface area contributed by atoms with Gasteiger partial charge in [-0.25, -0.2) is 0 Å². The molecule has 2 aromatic carbocycles. The lowest BCUT2D eigenvalue weighted by Gasteiger charge is -2.10. The number of halogens is 2. The van der Waals surface area contributed by atoms with Crippen LogP contribution in [0.25, 0.3) is 5.57 Å². The molecule has 0 bridgehead atoms. The summed E-state index contributed by atoms with van der Waals surface area (Å²) in [5.74, 6) is 0. The summed E-state index contributed by atoms with van der Waals surface area (Å²) in [5, 5.41) is 1.57. The maximum Gasteiger partial charge on any atom is 0.0484 e. The summed E-state index contributed by atoms with van der Waals surface area (Å²) in [7, 11) is 0. The molecule has 90 valence electrons. The second kappa shape index (κ2) is 4.79. The Kier molecular flexibility index (Phi) is 3.15. The van der Waals surface area contributed by atoms with E-state index in [-0.39, 0.29) is 0 Å². The van der Waals surface area contributed by atoms with E-state index in [9.17, 15) is 0 Å². The summed E-state index contributed by atoms with van der Waals surface area (Å²) in [4.78, 5) is 0. The molecule has 0 atom stereocenters. The molecule has 0 unspecified atom stereocenters. The van der Waals surface area contributed by atoms with Crippen LogP contribution in [0.15, 0.2) is 54.1 Å². The smallest absolute Gasteiger partial charge is 0.0484 e. The zero-order valence-electron chi connectivity index (χ0n) is 9.79.